The van der Waals surface area contributed by atoms with Crippen LogP contribution < -0.4 is 4.90 Å². The largest absolute Gasteiger partial charge is 0.389 e. The number of anilines is 1. The van der Waals surface area contributed by atoms with Gasteiger partial charge in [-0.3, -0.25) is 19.7 Å². The van der Waals surface area contributed by atoms with Crippen molar-refractivity contribution in [2.24, 2.45) is 22.9 Å². The van der Waals surface area contributed by atoms with E-state index in [4.69, 9.17) is 9.57 Å². The molecule has 2 aromatic rings. The lowest BCUT2D eigenvalue weighted by molar-refractivity contribution is -0.384. The molecule has 9 nitrogen and oxygen atoms in total. The van der Waals surface area contributed by atoms with Gasteiger partial charge in [-0.1, -0.05) is 35.5 Å². The zero-order valence-electron chi connectivity index (χ0n) is 15.5. The topological polar surface area (TPSA) is 111 Å². The number of carbonyl (C=O) groups excluding carboxylic acids is 2. The minimum atomic E-state index is -0.616. The Labute approximate surface area is 170 Å². The molecule has 0 saturated carbocycles. The summed E-state index contributed by atoms with van der Waals surface area (Å²) in [5, 5.41) is 15.3. The smallest absolute Gasteiger partial charge is 0.270 e. The molecular weight excluding hydrogens is 390 g/mol. The van der Waals surface area contributed by atoms with Crippen LogP contribution in [0.2, 0.25) is 0 Å². The van der Waals surface area contributed by atoms with Gasteiger partial charge in [0.25, 0.3) is 5.69 Å². The maximum absolute atomic E-state index is 13.2. The van der Waals surface area contributed by atoms with Crippen LogP contribution in [-0.4, -0.2) is 40.8 Å². The highest BCUT2D eigenvalue weighted by atomic mass is 16.7. The molecular formula is C21H15N3O6. The van der Waals surface area contributed by atoms with E-state index in [1.54, 1.807) is 36.4 Å². The zero-order valence-corrected chi connectivity index (χ0v) is 15.5. The molecule has 0 aliphatic carbocycles. The molecule has 9 heteroatoms. The van der Waals surface area contributed by atoms with Crippen molar-refractivity contribution < 1.29 is 24.1 Å². The molecule has 2 aromatic carbocycles. The Bertz CT molecular complexity index is 1130. The summed E-state index contributed by atoms with van der Waals surface area (Å²) < 4.78 is 6.05. The van der Waals surface area contributed by atoms with Gasteiger partial charge in [0.05, 0.1) is 40.2 Å². The Morgan fingerprint density at radius 1 is 0.900 bits per heavy atom. The normalized spacial score (nSPS) is 33.3. The standard InChI is InChI=1S/C21H15N3O6/c25-20-13-14(21(26)23(20)11-6-2-1-3-7-11)18-19-15(17(13)29-18)16(22-30-19)10-5-4-8-12(9-10)24(27)28/h1-9,13-15,17-19H. The summed E-state index contributed by atoms with van der Waals surface area (Å²) in [5.74, 6) is -2.15. The van der Waals surface area contributed by atoms with Crippen LogP contribution in [0.3, 0.4) is 0 Å². The van der Waals surface area contributed by atoms with E-state index < -0.39 is 35.1 Å². The van der Waals surface area contributed by atoms with Gasteiger partial charge in [0.2, 0.25) is 11.8 Å². The Kier molecular flexibility index (Phi) is 3.43. The quantitative estimate of drug-likeness (QED) is 0.438. The number of hydrogen-bond donors (Lipinski definition) is 0. The Morgan fingerprint density at radius 3 is 2.37 bits per heavy atom. The molecule has 6 atom stereocenters. The molecule has 0 N–H and O–H groups in total. The van der Waals surface area contributed by atoms with E-state index in [0.29, 0.717) is 17.0 Å². The average Bonchev–Trinajstić information content (AvgIpc) is 3.49. The van der Waals surface area contributed by atoms with Crippen molar-refractivity contribution in [3.8, 4) is 0 Å². The van der Waals surface area contributed by atoms with Crippen molar-refractivity contribution in [2.45, 2.75) is 18.3 Å². The second-order valence-electron chi connectivity index (χ2n) is 7.84. The highest BCUT2D eigenvalue weighted by Crippen LogP contribution is 2.55. The molecule has 3 fully saturated rings. The molecule has 3 saturated heterocycles. The maximum atomic E-state index is 13.2. The van der Waals surface area contributed by atoms with Gasteiger partial charge in [0, 0.05) is 17.7 Å². The summed E-state index contributed by atoms with van der Waals surface area (Å²) in [7, 11) is 0. The first-order valence-electron chi connectivity index (χ1n) is 9.63. The summed E-state index contributed by atoms with van der Waals surface area (Å²) in [6.45, 7) is 0. The van der Waals surface area contributed by atoms with Gasteiger partial charge in [-0.25, -0.2) is 4.90 Å². The fourth-order valence-corrected chi connectivity index (χ4v) is 5.21. The van der Waals surface area contributed by atoms with E-state index in [9.17, 15) is 19.7 Å². The first kappa shape index (κ1) is 17.3. The summed E-state index contributed by atoms with van der Waals surface area (Å²) >= 11 is 0. The van der Waals surface area contributed by atoms with Crippen molar-refractivity contribution in [3.63, 3.8) is 0 Å². The number of para-hydroxylation sites is 1. The number of amides is 2. The van der Waals surface area contributed by atoms with E-state index in [0.717, 1.165) is 0 Å². The van der Waals surface area contributed by atoms with Crippen LogP contribution in [0.4, 0.5) is 11.4 Å². The van der Waals surface area contributed by atoms with Crippen LogP contribution in [0.25, 0.3) is 0 Å². The second-order valence-corrected chi connectivity index (χ2v) is 7.84. The minimum absolute atomic E-state index is 0.0528. The van der Waals surface area contributed by atoms with Gasteiger partial charge in [-0.2, -0.15) is 0 Å². The van der Waals surface area contributed by atoms with Gasteiger partial charge >= 0.3 is 0 Å². The number of non-ortho nitro benzene ring substituents is 1. The number of rotatable bonds is 3. The zero-order chi connectivity index (χ0) is 20.6. The number of hydrogen-bond acceptors (Lipinski definition) is 7. The Balaban J connectivity index is 1.35. The fourth-order valence-electron chi connectivity index (χ4n) is 5.21. The first-order valence-corrected chi connectivity index (χ1v) is 9.63. The minimum Gasteiger partial charge on any atom is -0.389 e. The highest BCUT2D eigenvalue weighted by molar-refractivity contribution is 6.23. The first-order chi connectivity index (χ1) is 14.6. The van der Waals surface area contributed by atoms with Crippen molar-refractivity contribution >= 4 is 28.9 Å². The number of carbonyl (C=O) groups is 2. The predicted molar refractivity (Wildman–Crippen MR) is 103 cm³/mol. The lowest BCUT2D eigenvalue weighted by atomic mass is 9.71. The number of nitro benzene ring substituents is 1. The van der Waals surface area contributed by atoms with Gasteiger partial charge in [0.15, 0.2) is 6.10 Å². The van der Waals surface area contributed by atoms with Gasteiger partial charge < -0.3 is 9.57 Å². The second kappa shape index (κ2) is 5.96. The molecule has 0 spiro atoms. The van der Waals surface area contributed by atoms with Gasteiger partial charge in [-0.05, 0) is 12.1 Å². The molecule has 2 bridgehead atoms. The van der Waals surface area contributed by atoms with E-state index >= 15 is 0 Å². The Morgan fingerprint density at radius 2 is 1.63 bits per heavy atom. The van der Waals surface area contributed by atoms with Crippen molar-refractivity contribution in [1.82, 2.24) is 0 Å². The van der Waals surface area contributed by atoms with Crippen molar-refractivity contribution in [2.75, 3.05) is 4.90 Å². The number of benzene rings is 2. The van der Waals surface area contributed by atoms with Crippen molar-refractivity contribution in [1.29, 1.82) is 0 Å². The number of fused-ring (bicyclic) bond motifs is 8. The van der Waals surface area contributed by atoms with Crippen LogP contribution in [0.1, 0.15) is 5.56 Å². The van der Waals surface area contributed by atoms with Crippen LogP contribution in [0.5, 0.6) is 0 Å². The summed E-state index contributed by atoms with van der Waals surface area (Å²) in [6, 6.07) is 15.0. The van der Waals surface area contributed by atoms with E-state index in [-0.39, 0.29) is 23.4 Å². The van der Waals surface area contributed by atoms with Gasteiger partial charge in [0.1, 0.15) is 6.10 Å². The fraction of sp³-hybridized carbons (Fsp3) is 0.286. The lowest BCUT2D eigenvalue weighted by Crippen LogP contribution is -2.45. The summed E-state index contributed by atoms with van der Waals surface area (Å²) in [5.41, 5.74) is 1.57. The van der Waals surface area contributed by atoms with E-state index in [2.05, 4.69) is 5.16 Å². The maximum Gasteiger partial charge on any atom is 0.270 e. The summed E-state index contributed by atoms with van der Waals surface area (Å²) in [6.07, 6.45) is -1.62. The monoisotopic (exact) mass is 405 g/mol. The predicted octanol–water partition coefficient (Wildman–Crippen LogP) is 1.90. The lowest BCUT2D eigenvalue weighted by Gasteiger charge is -2.26. The molecule has 6 rings (SSSR count). The van der Waals surface area contributed by atoms with Crippen LogP contribution in [0.15, 0.2) is 59.8 Å². The Hall–Kier alpha value is -3.59. The summed E-state index contributed by atoms with van der Waals surface area (Å²) in [4.78, 5) is 43.9. The third-order valence-electron chi connectivity index (χ3n) is 6.41. The van der Waals surface area contributed by atoms with Crippen LogP contribution in [0, 0.1) is 27.9 Å². The van der Waals surface area contributed by atoms with Crippen LogP contribution >= 0.6 is 0 Å². The number of oxime groups is 1. The number of nitro groups is 1. The molecule has 0 aromatic heterocycles. The third-order valence-corrected chi connectivity index (χ3v) is 6.41. The number of nitrogens with zero attached hydrogens (tertiary/aromatic N) is 3. The van der Waals surface area contributed by atoms with Crippen molar-refractivity contribution in [3.05, 3.63) is 70.3 Å². The molecule has 6 unspecified atom stereocenters. The molecule has 2 amide bonds. The molecule has 0 radical (unpaired) electrons. The molecule has 4 aliphatic heterocycles. The van der Waals surface area contributed by atoms with E-state index in [1.807, 2.05) is 6.07 Å². The van der Waals surface area contributed by atoms with E-state index in [1.165, 1.54) is 17.0 Å². The average molecular weight is 405 g/mol. The molecule has 4 aliphatic rings. The number of ether oxygens (including phenoxy) is 1. The molecule has 4 heterocycles. The highest BCUT2D eigenvalue weighted by Gasteiger charge is 2.72. The third kappa shape index (κ3) is 2.12. The number of imide groups is 1. The molecule has 30 heavy (non-hydrogen) atoms. The SMILES string of the molecule is O=C1C2C3OC(C4C(c5cccc([N+](=O)[O-])c5)=NOC34)C2C(=O)N1c1ccccc1. The van der Waals surface area contributed by atoms with Gasteiger partial charge in [-0.15, -0.1) is 0 Å². The molecule has 150 valence electrons. The van der Waals surface area contributed by atoms with Crippen LogP contribution in [-0.2, 0) is 19.2 Å².